The predicted molar refractivity (Wildman–Crippen MR) is 208 cm³/mol. The number of piperidine rings is 1. The van der Waals surface area contributed by atoms with Crippen LogP contribution >= 0.6 is 0 Å². The number of ether oxygens (including phenoxy) is 4. The maximum absolute atomic E-state index is 14.9. The van der Waals surface area contributed by atoms with Gasteiger partial charge in [0.05, 0.1) is 50.9 Å². The molecule has 0 saturated carbocycles. The third-order valence-electron chi connectivity index (χ3n) is 11.2. The smallest absolute Gasteiger partial charge is 0.254 e. The van der Waals surface area contributed by atoms with Crippen LogP contribution in [0.3, 0.4) is 0 Å². The van der Waals surface area contributed by atoms with Gasteiger partial charge in [-0.3, -0.25) is 14.7 Å². The number of para-hydroxylation sites is 1. The molecule has 1 amide bonds. The van der Waals surface area contributed by atoms with E-state index >= 15 is 0 Å². The molecule has 0 spiro atoms. The second-order valence-electron chi connectivity index (χ2n) is 15.4. The number of carbonyl (C=O) groups excluding carboxylic acids is 1. The summed E-state index contributed by atoms with van der Waals surface area (Å²) in [6.45, 7) is 13.5. The summed E-state index contributed by atoms with van der Waals surface area (Å²) in [5.41, 5.74) is 8.76. The molecule has 6 rings (SSSR count). The maximum atomic E-state index is 14.9. The van der Waals surface area contributed by atoms with Crippen LogP contribution in [0.2, 0.25) is 0 Å². The van der Waals surface area contributed by atoms with Crippen molar-refractivity contribution in [2.75, 3.05) is 48.6 Å². The molecule has 1 atom stereocenters. The molecule has 2 aliphatic rings. The van der Waals surface area contributed by atoms with Gasteiger partial charge in [0, 0.05) is 55.4 Å². The number of likely N-dealkylation sites (tertiary alicyclic amines) is 1. The maximum Gasteiger partial charge on any atom is 0.254 e. The number of amides is 1. The molecule has 1 unspecified atom stereocenters. The van der Waals surface area contributed by atoms with E-state index in [1.54, 1.807) is 28.4 Å². The summed E-state index contributed by atoms with van der Waals surface area (Å²) < 4.78 is 22.6. The van der Waals surface area contributed by atoms with Gasteiger partial charge in [-0.1, -0.05) is 39.0 Å². The monoisotopic (exact) mass is 706 g/mol. The number of fused-ring (bicyclic) bond motifs is 2. The van der Waals surface area contributed by atoms with Gasteiger partial charge in [-0.05, 0) is 91.8 Å². The van der Waals surface area contributed by atoms with Crippen LogP contribution in [0.25, 0.3) is 22.6 Å². The Morgan fingerprint density at radius 3 is 2.21 bits per heavy atom. The van der Waals surface area contributed by atoms with E-state index in [1.165, 1.54) is 0 Å². The highest BCUT2D eigenvalue weighted by Gasteiger charge is 2.37. The lowest BCUT2D eigenvalue weighted by molar-refractivity contribution is 0.0635. The Bertz CT molecular complexity index is 1970. The molecule has 1 aliphatic carbocycles. The van der Waals surface area contributed by atoms with Crippen LogP contribution in [0, 0.1) is 25.2 Å². The Balaban J connectivity index is 1.35. The minimum absolute atomic E-state index is 0.00540. The van der Waals surface area contributed by atoms with Gasteiger partial charge in [-0.2, -0.15) is 0 Å². The highest BCUT2D eigenvalue weighted by atomic mass is 16.5. The molecule has 9 nitrogen and oxygen atoms in total. The molecule has 1 fully saturated rings. The summed E-state index contributed by atoms with van der Waals surface area (Å²) in [7, 11) is 8.57. The van der Waals surface area contributed by atoms with Gasteiger partial charge in [0.25, 0.3) is 5.91 Å². The molecule has 0 bridgehead atoms. The average Bonchev–Trinajstić information content (AvgIpc) is 3.14. The minimum atomic E-state index is 0.00540. The van der Waals surface area contributed by atoms with E-state index in [4.69, 9.17) is 28.9 Å². The van der Waals surface area contributed by atoms with Crippen molar-refractivity contribution in [3.05, 3.63) is 81.8 Å². The summed E-state index contributed by atoms with van der Waals surface area (Å²) in [5, 5.41) is 0.909. The van der Waals surface area contributed by atoms with Crippen molar-refractivity contribution in [2.45, 2.75) is 72.9 Å². The lowest BCUT2D eigenvalue weighted by Gasteiger charge is -2.39. The molecule has 4 aromatic rings. The van der Waals surface area contributed by atoms with Gasteiger partial charge in [-0.25, -0.2) is 4.98 Å². The number of pyridine rings is 2. The van der Waals surface area contributed by atoms with Crippen LogP contribution in [0.1, 0.15) is 84.0 Å². The van der Waals surface area contributed by atoms with Gasteiger partial charge in [0.15, 0.2) is 11.5 Å². The zero-order chi connectivity index (χ0) is 37.3. The van der Waals surface area contributed by atoms with Gasteiger partial charge < -0.3 is 23.8 Å². The predicted octanol–water partition coefficient (Wildman–Crippen LogP) is 8.17. The molecule has 2 aromatic heterocycles. The zero-order valence-corrected chi connectivity index (χ0v) is 32.6. The Morgan fingerprint density at radius 2 is 1.60 bits per heavy atom. The molecular weight excluding hydrogens is 652 g/mol. The van der Waals surface area contributed by atoms with E-state index in [1.807, 2.05) is 55.4 Å². The molecule has 52 heavy (non-hydrogen) atoms. The van der Waals surface area contributed by atoms with Crippen LogP contribution in [-0.2, 0) is 13.0 Å². The molecule has 1 saturated heterocycles. The van der Waals surface area contributed by atoms with Crippen molar-refractivity contribution < 1.29 is 23.7 Å². The molecule has 276 valence electrons. The van der Waals surface area contributed by atoms with Crippen molar-refractivity contribution in [2.24, 2.45) is 11.3 Å². The normalized spacial score (nSPS) is 17.6. The Hall–Kier alpha value is -4.63. The van der Waals surface area contributed by atoms with Crippen molar-refractivity contribution >= 4 is 28.5 Å². The number of nitrogens with zero attached hydrogens (tertiary/aromatic N) is 4. The zero-order valence-electron chi connectivity index (χ0n) is 32.6. The van der Waals surface area contributed by atoms with Crippen LogP contribution in [0.4, 0.5) is 0 Å². The molecular formula is C43H54N4O5. The van der Waals surface area contributed by atoms with E-state index < -0.39 is 0 Å². The number of allylic oxidation sites excluding steroid dienone is 1. The quantitative estimate of drug-likeness (QED) is 0.172. The van der Waals surface area contributed by atoms with E-state index in [9.17, 15) is 4.79 Å². The number of aromatic nitrogens is 2. The van der Waals surface area contributed by atoms with E-state index in [0.29, 0.717) is 23.2 Å². The number of rotatable bonds is 9. The van der Waals surface area contributed by atoms with E-state index in [-0.39, 0.29) is 17.4 Å². The first-order valence-corrected chi connectivity index (χ1v) is 18.3. The number of aryl methyl sites for hydroxylation is 1. The third-order valence-corrected chi connectivity index (χ3v) is 11.2. The number of hydrogen-bond donors (Lipinski definition) is 0. The minimum Gasteiger partial charge on any atom is -0.496 e. The molecule has 3 heterocycles. The highest BCUT2D eigenvalue weighted by Crippen LogP contribution is 2.46. The average molecular weight is 707 g/mol. The molecule has 2 aromatic carbocycles. The Labute approximate surface area is 308 Å². The van der Waals surface area contributed by atoms with E-state index in [2.05, 4.69) is 44.7 Å². The van der Waals surface area contributed by atoms with Crippen molar-refractivity contribution in [1.82, 2.24) is 19.8 Å². The van der Waals surface area contributed by atoms with Gasteiger partial charge in [-0.15, -0.1) is 0 Å². The summed E-state index contributed by atoms with van der Waals surface area (Å²) in [5.74, 6) is 3.02. The summed E-state index contributed by atoms with van der Waals surface area (Å²) >= 11 is 0. The fraction of sp³-hybridized carbons (Fsp3) is 0.465. The van der Waals surface area contributed by atoms with Crippen LogP contribution < -0.4 is 18.9 Å². The summed E-state index contributed by atoms with van der Waals surface area (Å²) in [6.07, 6.45) is 7.48. The summed E-state index contributed by atoms with van der Waals surface area (Å²) in [4.78, 5) is 29.4. The topological polar surface area (TPSA) is 86.3 Å². The van der Waals surface area contributed by atoms with Crippen molar-refractivity contribution in [1.29, 1.82) is 0 Å². The largest absolute Gasteiger partial charge is 0.496 e. The first-order valence-electron chi connectivity index (χ1n) is 18.3. The fourth-order valence-electron chi connectivity index (χ4n) is 8.02. The molecule has 0 N–H and O–H groups in total. The highest BCUT2D eigenvalue weighted by molar-refractivity contribution is 6.09. The number of methoxy groups -OCH3 is 4. The van der Waals surface area contributed by atoms with Crippen LogP contribution in [-0.4, -0.2) is 80.3 Å². The Morgan fingerprint density at radius 1 is 0.942 bits per heavy atom. The SMILES string of the molecule is COc1cc(/C=C2/CC(C(C)(C)C)Cc3c2nc2ccccc2c3C(=O)N(C)C2CCN(Cc3ncc(C)c(OC)c3C)CC2)cc(OC)c1OC. The first-order chi connectivity index (χ1) is 24.9. The lowest BCUT2D eigenvalue weighted by Crippen LogP contribution is -2.46. The van der Waals surface area contributed by atoms with Crippen molar-refractivity contribution in [3.8, 4) is 23.0 Å². The van der Waals surface area contributed by atoms with Crippen LogP contribution in [0.15, 0.2) is 42.6 Å². The first kappa shape index (κ1) is 37.1. The second-order valence-corrected chi connectivity index (χ2v) is 15.4. The Kier molecular flexibility index (Phi) is 10.8. The number of benzene rings is 2. The van der Waals surface area contributed by atoms with Gasteiger partial charge >= 0.3 is 0 Å². The lowest BCUT2D eigenvalue weighted by atomic mass is 9.68. The number of hydrogen-bond acceptors (Lipinski definition) is 8. The molecule has 1 aliphatic heterocycles. The fourth-order valence-corrected chi connectivity index (χ4v) is 8.02. The second kappa shape index (κ2) is 15.2. The molecule has 0 radical (unpaired) electrons. The third kappa shape index (κ3) is 7.20. The van der Waals surface area contributed by atoms with Gasteiger partial charge in [0.1, 0.15) is 5.75 Å². The standard InChI is InChI=1S/C43H54N4O5/c1-26-24-44-35(27(2)40(26)51-9)25-47-17-15-31(16-18-47)46(6)42(48)38-32-13-11-12-14-34(32)45-39-29(22-30(23-33(38)39)43(3,4)5)19-28-20-36(49-7)41(52-10)37(21-28)50-8/h11-14,19-21,24,30-31H,15-18,22-23,25H2,1-10H3/b29-19-. The molecule has 9 heteroatoms. The van der Waals surface area contributed by atoms with Crippen LogP contribution in [0.5, 0.6) is 23.0 Å². The number of carbonyl (C=O) groups is 1. The van der Waals surface area contributed by atoms with Gasteiger partial charge in [0.2, 0.25) is 5.75 Å². The summed E-state index contributed by atoms with van der Waals surface area (Å²) in [6, 6.07) is 12.2. The van der Waals surface area contributed by atoms with Crippen molar-refractivity contribution in [3.63, 3.8) is 0 Å². The van der Waals surface area contributed by atoms with E-state index in [0.717, 1.165) is 107 Å².